The van der Waals surface area contributed by atoms with Crippen LogP contribution in [0.15, 0.2) is 0 Å². The molecule has 0 rings (SSSR count). The molecule has 15 heavy (non-hydrogen) atoms. The van der Waals surface area contributed by atoms with Gasteiger partial charge in [-0.2, -0.15) is 0 Å². The molecule has 0 aromatic carbocycles. The zero-order chi connectivity index (χ0) is 12.1. The van der Waals surface area contributed by atoms with Crippen LogP contribution in [-0.2, 0) is 9.59 Å². The second kappa shape index (κ2) is 5.67. The van der Waals surface area contributed by atoms with Gasteiger partial charge in [-0.25, -0.2) is 4.79 Å². The van der Waals surface area contributed by atoms with Gasteiger partial charge in [0.25, 0.3) is 0 Å². The maximum atomic E-state index is 11.2. The number of nitrogens with one attached hydrogen (secondary N) is 1. The smallest absolute Gasteiger partial charge is 0.328 e. The Morgan fingerprint density at radius 1 is 1.47 bits per heavy atom. The fraction of sp³-hybridized carbons (Fsp3) is 0.778. The normalized spacial score (nSPS) is 13.3. The summed E-state index contributed by atoms with van der Waals surface area (Å²) < 4.78 is 0. The Bertz CT molecular complexity index is 235. The van der Waals surface area contributed by atoms with Crippen molar-refractivity contribution < 1.29 is 19.8 Å². The van der Waals surface area contributed by atoms with Crippen molar-refractivity contribution in [2.45, 2.75) is 38.3 Å². The molecule has 0 aromatic rings. The molecule has 0 aliphatic carbocycles. The first-order valence-electron chi connectivity index (χ1n) is 4.68. The SMILES string of the molecule is CC(C)(N)CCC(=O)N[C@H](CO)C(=O)O. The summed E-state index contributed by atoms with van der Waals surface area (Å²) in [6.07, 6.45) is 0.601. The first kappa shape index (κ1) is 13.9. The van der Waals surface area contributed by atoms with Gasteiger partial charge >= 0.3 is 5.97 Å². The second-order valence-corrected chi connectivity index (χ2v) is 4.13. The lowest BCUT2D eigenvalue weighted by Gasteiger charge is -2.18. The molecule has 0 unspecified atom stereocenters. The molecule has 1 amide bonds. The topological polar surface area (TPSA) is 113 Å². The van der Waals surface area contributed by atoms with Crippen LogP contribution >= 0.6 is 0 Å². The van der Waals surface area contributed by atoms with Crippen LogP contribution in [0.4, 0.5) is 0 Å². The van der Waals surface area contributed by atoms with E-state index in [2.05, 4.69) is 5.32 Å². The number of nitrogens with two attached hydrogens (primary N) is 1. The number of carboxylic acid groups (broad SMARTS) is 1. The third kappa shape index (κ3) is 6.87. The van der Waals surface area contributed by atoms with E-state index in [-0.39, 0.29) is 6.42 Å². The van der Waals surface area contributed by atoms with E-state index in [4.69, 9.17) is 15.9 Å². The van der Waals surface area contributed by atoms with Gasteiger partial charge in [-0.15, -0.1) is 0 Å². The fourth-order valence-electron chi connectivity index (χ4n) is 0.888. The number of aliphatic hydroxyl groups excluding tert-OH is 1. The van der Waals surface area contributed by atoms with Gasteiger partial charge < -0.3 is 21.3 Å². The summed E-state index contributed by atoms with van der Waals surface area (Å²) in [7, 11) is 0. The van der Waals surface area contributed by atoms with Crippen molar-refractivity contribution in [3.63, 3.8) is 0 Å². The van der Waals surface area contributed by atoms with E-state index in [1.54, 1.807) is 13.8 Å². The standard InChI is InChI=1S/C9H18N2O4/c1-9(2,10)4-3-7(13)11-6(5-12)8(14)15/h6,12H,3-5,10H2,1-2H3,(H,11,13)(H,14,15)/t6-/m1/s1. The lowest BCUT2D eigenvalue weighted by atomic mass is 10.00. The van der Waals surface area contributed by atoms with Crippen molar-refractivity contribution in [3.8, 4) is 0 Å². The largest absolute Gasteiger partial charge is 0.480 e. The highest BCUT2D eigenvalue weighted by molar-refractivity contribution is 5.83. The molecule has 6 heteroatoms. The first-order chi connectivity index (χ1) is 6.76. The summed E-state index contributed by atoms with van der Waals surface area (Å²) in [5, 5.41) is 19.4. The van der Waals surface area contributed by atoms with Crippen molar-refractivity contribution in [3.05, 3.63) is 0 Å². The number of aliphatic hydroxyl groups is 1. The predicted octanol–water partition coefficient (Wildman–Crippen LogP) is -0.934. The molecule has 0 heterocycles. The average molecular weight is 218 g/mol. The fourth-order valence-corrected chi connectivity index (χ4v) is 0.888. The molecule has 0 fully saturated rings. The monoisotopic (exact) mass is 218 g/mol. The van der Waals surface area contributed by atoms with E-state index in [0.29, 0.717) is 6.42 Å². The Labute approximate surface area is 88.5 Å². The highest BCUT2D eigenvalue weighted by atomic mass is 16.4. The Balaban J connectivity index is 3.98. The summed E-state index contributed by atoms with van der Waals surface area (Å²) in [5.74, 6) is -1.67. The van der Waals surface area contributed by atoms with Gasteiger partial charge in [0.05, 0.1) is 6.61 Å². The van der Waals surface area contributed by atoms with E-state index in [9.17, 15) is 9.59 Å². The number of aliphatic carboxylic acids is 1. The Morgan fingerprint density at radius 3 is 2.33 bits per heavy atom. The molecule has 0 aromatic heterocycles. The molecule has 5 N–H and O–H groups in total. The molecule has 0 radical (unpaired) electrons. The summed E-state index contributed by atoms with van der Waals surface area (Å²) in [4.78, 5) is 21.7. The maximum absolute atomic E-state index is 11.2. The summed E-state index contributed by atoms with van der Waals surface area (Å²) in [5.41, 5.74) is 5.20. The molecule has 88 valence electrons. The van der Waals surface area contributed by atoms with Gasteiger partial charge in [0.2, 0.25) is 5.91 Å². The lowest BCUT2D eigenvalue weighted by molar-refractivity contribution is -0.143. The molecule has 0 saturated carbocycles. The first-order valence-corrected chi connectivity index (χ1v) is 4.68. The van der Waals surface area contributed by atoms with Crippen LogP contribution in [0.3, 0.4) is 0 Å². The van der Waals surface area contributed by atoms with Gasteiger partial charge in [0.1, 0.15) is 6.04 Å². The number of rotatable bonds is 6. The van der Waals surface area contributed by atoms with Crippen LogP contribution in [-0.4, -0.2) is 40.3 Å². The molecular weight excluding hydrogens is 200 g/mol. The second-order valence-electron chi connectivity index (χ2n) is 4.13. The van der Waals surface area contributed by atoms with Crippen LogP contribution in [0.5, 0.6) is 0 Å². The van der Waals surface area contributed by atoms with Gasteiger partial charge in [0.15, 0.2) is 0 Å². The average Bonchev–Trinajstić information content (AvgIpc) is 2.09. The van der Waals surface area contributed by atoms with Crippen molar-refractivity contribution in [2.75, 3.05) is 6.61 Å². The van der Waals surface area contributed by atoms with Crippen molar-refractivity contribution in [1.82, 2.24) is 5.32 Å². The van der Waals surface area contributed by atoms with Gasteiger partial charge in [-0.05, 0) is 20.3 Å². The molecule has 0 aliphatic rings. The van der Waals surface area contributed by atoms with Crippen molar-refractivity contribution in [1.29, 1.82) is 0 Å². The highest BCUT2D eigenvalue weighted by Gasteiger charge is 2.20. The third-order valence-corrected chi connectivity index (χ3v) is 1.81. The molecule has 1 atom stereocenters. The maximum Gasteiger partial charge on any atom is 0.328 e. The minimum atomic E-state index is -1.25. The van der Waals surface area contributed by atoms with E-state index in [1.807, 2.05) is 0 Å². The van der Waals surface area contributed by atoms with Gasteiger partial charge in [0, 0.05) is 12.0 Å². The highest BCUT2D eigenvalue weighted by Crippen LogP contribution is 2.06. The van der Waals surface area contributed by atoms with E-state index < -0.39 is 30.1 Å². The number of hydrogen-bond acceptors (Lipinski definition) is 4. The van der Waals surface area contributed by atoms with Crippen LogP contribution < -0.4 is 11.1 Å². The van der Waals surface area contributed by atoms with Gasteiger partial charge in [-0.1, -0.05) is 0 Å². The molecule has 6 nitrogen and oxygen atoms in total. The number of carbonyl (C=O) groups is 2. The lowest BCUT2D eigenvalue weighted by Crippen LogP contribution is -2.44. The zero-order valence-corrected chi connectivity index (χ0v) is 8.99. The van der Waals surface area contributed by atoms with Crippen LogP contribution in [0.1, 0.15) is 26.7 Å². The summed E-state index contributed by atoms with van der Waals surface area (Å²) in [6.45, 7) is 2.94. The minimum absolute atomic E-state index is 0.146. The minimum Gasteiger partial charge on any atom is -0.480 e. The number of carboxylic acids is 1. The zero-order valence-electron chi connectivity index (χ0n) is 8.99. The quantitative estimate of drug-likeness (QED) is 0.460. The molecule has 0 aliphatic heterocycles. The number of hydrogen-bond donors (Lipinski definition) is 4. The summed E-state index contributed by atoms with van der Waals surface area (Å²) >= 11 is 0. The molecule has 0 saturated heterocycles. The Hall–Kier alpha value is -1.14. The van der Waals surface area contributed by atoms with Crippen molar-refractivity contribution >= 4 is 11.9 Å². The Kier molecular flexibility index (Phi) is 5.24. The molecule has 0 spiro atoms. The third-order valence-electron chi connectivity index (χ3n) is 1.81. The predicted molar refractivity (Wildman–Crippen MR) is 54.2 cm³/mol. The van der Waals surface area contributed by atoms with Crippen LogP contribution in [0.2, 0.25) is 0 Å². The van der Waals surface area contributed by atoms with Crippen molar-refractivity contribution in [2.24, 2.45) is 5.73 Å². The summed E-state index contributed by atoms with van der Waals surface area (Å²) in [6, 6.07) is -1.24. The van der Waals surface area contributed by atoms with Crippen LogP contribution in [0.25, 0.3) is 0 Å². The number of carbonyl (C=O) groups excluding carboxylic acids is 1. The van der Waals surface area contributed by atoms with Crippen LogP contribution in [0, 0.1) is 0 Å². The van der Waals surface area contributed by atoms with E-state index in [1.165, 1.54) is 0 Å². The number of amides is 1. The Morgan fingerprint density at radius 2 is 2.00 bits per heavy atom. The van der Waals surface area contributed by atoms with E-state index in [0.717, 1.165) is 0 Å². The molecule has 0 bridgehead atoms. The molecular formula is C9H18N2O4. The van der Waals surface area contributed by atoms with Gasteiger partial charge in [-0.3, -0.25) is 4.79 Å². The van der Waals surface area contributed by atoms with E-state index >= 15 is 0 Å².